The van der Waals surface area contributed by atoms with E-state index in [1.807, 2.05) is 33.7 Å². The van der Waals surface area contributed by atoms with Crippen LogP contribution in [0.1, 0.15) is 12.5 Å². The van der Waals surface area contributed by atoms with Gasteiger partial charge in [-0.3, -0.25) is 13.9 Å². The van der Waals surface area contributed by atoms with E-state index in [9.17, 15) is 14.0 Å². The molecule has 0 amide bonds. The lowest BCUT2D eigenvalue weighted by atomic mass is 10.1. The second-order valence-electron chi connectivity index (χ2n) is 8.47. The molecule has 4 aromatic rings. The number of halogens is 1. The maximum absolute atomic E-state index is 13.5. The third-order valence-corrected chi connectivity index (χ3v) is 6.06. The number of imidazole rings is 1. The Morgan fingerprint density at radius 3 is 2.61 bits per heavy atom. The smallest absolute Gasteiger partial charge is 0.332 e. The van der Waals surface area contributed by atoms with Crippen LogP contribution in [0.4, 0.5) is 16.0 Å². The number of aryl methyl sites for hydroxylation is 1. The Kier molecular flexibility index (Phi) is 5.03. The second kappa shape index (κ2) is 7.91. The molecule has 0 saturated heterocycles. The number of methoxy groups -OCH3 is 1. The highest BCUT2D eigenvalue weighted by Crippen LogP contribution is 2.34. The summed E-state index contributed by atoms with van der Waals surface area (Å²) >= 11 is 0. The molecule has 0 aliphatic carbocycles. The van der Waals surface area contributed by atoms with Gasteiger partial charge in [0.2, 0.25) is 5.95 Å². The standard InChI is InChI=1S/C24H24FN5O3/c1-15-12-28(18-5-4-6-19(11-18)33-3)23-26-21-20(29(23)13-15)22(31)30(24(32)27(21)2)14-16-7-9-17(25)10-8-16/h4-11,15H,12-14H2,1-3H3/t15-/m1/s1. The highest BCUT2D eigenvalue weighted by Gasteiger charge is 2.30. The Morgan fingerprint density at radius 2 is 1.88 bits per heavy atom. The van der Waals surface area contributed by atoms with E-state index in [1.165, 1.54) is 21.3 Å². The third kappa shape index (κ3) is 3.49. The molecule has 1 aliphatic heterocycles. The van der Waals surface area contributed by atoms with Crippen LogP contribution < -0.4 is 20.9 Å². The first-order valence-electron chi connectivity index (χ1n) is 10.7. The predicted octanol–water partition coefficient (Wildman–Crippen LogP) is 2.88. The van der Waals surface area contributed by atoms with Crippen molar-refractivity contribution in [3.8, 4) is 5.75 Å². The molecule has 0 bridgehead atoms. The zero-order valence-corrected chi connectivity index (χ0v) is 18.7. The van der Waals surface area contributed by atoms with E-state index in [4.69, 9.17) is 9.72 Å². The quantitative estimate of drug-likeness (QED) is 0.479. The zero-order chi connectivity index (χ0) is 23.3. The van der Waals surface area contributed by atoms with Crippen molar-refractivity contribution in [2.24, 2.45) is 13.0 Å². The number of nitrogens with zero attached hydrogens (tertiary/aromatic N) is 5. The highest BCUT2D eigenvalue weighted by molar-refractivity contribution is 5.77. The minimum Gasteiger partial charge on any atom is -0.497 e. The largest absolute Gasteiger partial charge is 0.497 e. The normalized spacial score (nSPS) is 15.6. The monoisotopic (exact) mass is 449 g/mol. The van der Waals surface area contributed by atoms with Crippen LogP contribution in [-0.4, -0.2) is 32.3 Å². The maximum atomic E-state index is 13.5. The summed E-state index contributed by atoms with van der Waals surface area (Å²) in [5, 5.41) is 0. The minimum absolute atomic E-state index is 0.0530. The third-order valence-electron chi connectivity index (χ3n) is 6.06. The number of hydrogen-bond donors (Lipinski definition) is 0. The number of benzene rings is 2. The number of fused-ring (bicyclic) bond motifs is 3. The van der Waals surface area contributed by atoms with Gasteiger partial charge in [0.1, 0.15) is 11.6 Å². The van der Waals surface area contributed by atoms with Gasteiger partial charge >= 0.3 is 5.69 Å². The zero-order valence-electron chi connectivity index (χ0n) is 18.7. The summed E-state index contributed by atoms with van der Waals surface area (Å²) in [4.78, 5) is 33.4. The van der Waals surface area contributed by atoms with Crippen molar-refractivity contribution in [2.75, 3.05) is 18.6 Å². The molecule has 0 fully saturated rings. The lowest BCUT2D eigenvalue weighted by Gasteiger charge is -2.33. The van der Waals surface area contributed by atoms with E-state index in [0.29, 0.717) is 35.8 Å². The van der Waals surface area contributed by atoms with Crippen molar-refractivity contribution >= 4 is 22.8 Å². The molecule has 5 rings (SSSR count). The first-order valence-corrected chi connectivity index (χ1v) is 10.7. The van der Waals surface area contributed by atoms with Gasteiger partial charge in [0, 0.05) is 31.9 Å². The van der Waals surface area contributed by atoms with Crippen molar-refractivity contribution < 1.29 is 9.13 Å². The van der Waals surface area contributed by atoms with Gasteiger partial charge in [0.15, 0.2) is 11.2 Å². The van der Waals surface area contributed by atoms with E-state index < -0.39 is 11.2 Å². The number of aromatic nitrogens is 4. The Hall–Kier alpha value is -3.88. The van der Waals surface area contributed by atoms with Crippen molar-refractivity contribution in [2.45, 2.75) is 20.0 Å². The SMILES string of the molecule is COc1cccc(N2C[C@@H](C)Cn3c2nc2c3c(=O)n(Cc3ccc(F)cc3)c(=O)n2C)c1. The van der Waals surface area contributed by atoms with E-state index in [0.717, 1.165) is 11.4 Å². The molecule has 2 aromatic heterocycles. The highest BCUT2D eigenvalue weighted by atomic mass is 19.1. The van der Waals surface area contributed by atoms with Gasteiger partial charge in [-0.05, 0) is 35.7 Å². The fourth-order valence-corrected chi connectivity index (χ4v) is 4.41. The molecule has 1 aliphatic rings. The van der Waals surface area contributed by atoms with E-state index in [1.54, 1.807) is 26.3 Å². The van der Waals surface area contributed by atoms with Crippen LogP contribution in [-0.2, 0) is 20.1 Å². The van der Waals surface area contributed by atoms with Crippen LogP contribution in [0, 0.1) is 11.7 Å². The topological polar surface area (TPSA) is 74.3 Å². The molecule has 9 heteroatoms. The summed E-state index contributed by atoms with van der Waals surface area (Å²) < 4.78 is 23.2. The average molecular weight is 449 g/mol. The average Bonchev–Trinajstić information content (AvgIpc) is 3.20. The lowest BCUT2D eigenvalue weighted by molar-refractivity contribution is 0.414. The first kappa shape index (κ1) is 21.0. The second-order valence-corrected chi connectivity index (χ2v) is 8.47. The fourth-order valence-electron chi connectivity index (χ4n) is 4.41. The summed E-state index contributed by atoms with van der Waals surface area (Å²) in [6.07, 6.45) is 0. The van der Waals surface area contributed by atoms with Gasteiger partial charge in [-0.2, -0.15) is 4.98 Å². The first-order chi connectivity index (χ1) is 15.9. The summed E-state index contributed by atoms with van der Waals surface area (Å²) in [6, 6.07) is 13.5. The summed E-state index contributed by atoms with van der Waals surface area (Å²) in [6.45, 7) is 3.49. The molecule has 0 radical (unpaired) electrons. The van der Waals surface area contributed by atoms with Crippen LogP contribution in [0.5, 0.6) is 5.75 Å². The number of rotatable bonds is 4. The Morgan fingerprint density at radius 1 is 1.12 bits per heavy atom. The summed E-state index contributed by atoms with van der Waals surface area (Å²) in [5.74, 6) is 1.21. The Bertz CT molecular complexity index is 1470. The molecule has 0 N–H and O–H groups in total. The van der Waals surface area contributed by atoms with Crippen molar-refractivity contribution in [3.05, 3.63) is 80.7 Å². The minimum atomic E-state index is -0.465. The number of hydrogen-bond acceptors (Lipinski definition) is 5. The Balaban J connectivity index is 1.70. The van der Waals surface area contributed by atoms with Crippen LogP contribution in [0.2, 0.25) is 0 Å². The van der Waals surface area contributed by atoms with Crippen LogP contribution >= 0.6 is 0 Å². The number of anilines is 2. The molecule has 3 heterocycles. The molecule has 8 nitrogen and oxygen atoms in total. The molecule has 33 heavy (non-hydrogen) atoms. The van der Waals surface area contributed by atoms with Gasteiger partial charge < -0.3 is 14.2 Å². The van der Waals surface area contributed by atoms with Crippen molar-refractivity contribution in [1.29, 1.82) is 0 Å². The fraction of sp³-hybridized carbons (Fsp3) is 0.292. The molecule has 170 valence electrons. The van der Waals surface area contributed by atoms with Crippen LogP contribution in [0.3, 0.4) is 0 Å². The van der Waals surface area contributed by atoms with Crippen molar-refractivity contribution in [1.82, 2.24) is 18.7 Å². The van der Waals surface area contributed by atoms with Crippen LogP contribution in [0.15, 0.2) is 58.1 Å². The van der Waals surface area contributed by atoms with Gasteiger partial charge in [0.25, 0.3) is 5.56 Å². The van der Waals surface area contributed by atoms with Crippen LogP contribution in [0.25, 0.3) is 11.2 Å². The lowest BCUT2D eigenvalue weighted by Crippen LogP contribution is -2.40. The predicted molar refractivity (Wildman–Crippen MR) is 124 cm³/mol. The van der Waals surface area contributed by atoms with E-state index >= 15 is 0 Å². The molecule has 2 aromatic carbocycles. The maximum Gasteiger partial charge on any atom is 0.332 e. The van der Waals surface area contributed by atoms with Gasteiger partial charge in [-0.1, -0.05) is 25.1 Å². The molecule has 0 saturated carbocycles. The van der Waals surface area contributed by atoms with Crippen molar-refractivity contribution in [3.63, 3.8) is 0 Å². The summed E-state index contributed by atoms with van der Waals surface area (Å²) in [5.41, 5.74) is 1.42. The molecular formula is C24H24FN5O3. The van der Waals surface area contributed by atoms with Gasteiger partial charge in [0.05, 0.1) is 13.7 Å². The van der Waals surface area contributed by atoms with Gasteiger partial charge in [-0.15, -0.1) is 0 Å². The Labute approximate surface area is 189 Å². The molecule has 1 atom stereocenters. The molecule has 0 spiro atoms. The molecular weight excluding hydrogens is 425 g/mol. The molecule has 0 unspecified atom stereocenters. The number of ether oxygens (including phenoxy) is 1. The van der Waals surface area contributed by atoms with Gasteiger partial charge in [-0.25, -0.2) is 9.18 Å². The van der Waals surface area contributed by atoms with E-state index in [-0.39, 0.29) is 18.3 Å². The summed E-state index contributed by atoms with van der Waals surface area (Å²) in [7, 11) is 3.23. The van der Waals surface area contributed by atoms with E-state index in [2.05, 4.69) is 6.92 Å².